The summed E-state index contributed by atoms with van der Waals surface area (Å²) in [7, 11) is 0. The molecule has 2 rings (SSSR count). The normalized spacial score (nSPS) is 21.7. The molecule has 1 amide bonds. The largest absolute Gasteiger partial charge is 0.479 e. The van der Waals surface area contributed by atoms with Crippen molar-refractivity contribution in [1.29, 1.82) is 0 Å². The number of halogens is 2. The molecule has 0 saturated carbocycles. The zero-order valence-electron chi connectivity index (χ0n) is 10.5. The summed E-state index contributed by atoms with van der Waals surface area (Å²) in [6.45, 7) is 0. The van der Waals surface area contributed by atoms with E-state index >= 15 is 0 Å². The first-order valence-electron chi connectivity index (χ1n) is 5.99. The van der Waals surface area contributed by atoms with E-state index < -0.39 is 11.5 Å². The molecular formula is C13H13Cl2NO3S. The molecule has 1 aliphatic heterocycles. The van der Waals surface area contributed by atoms with Gasteiger partial charge in [0.05, 0.1) is 16.5 Å². The number of aliphatic carboxylic acids is 1. The van der Waals surface area contributed by atoms with Crippen molar-refractivity contribution in [2.75, 3.05) is 11.5 Å². The first-order chi connectivity index (χ1) is 9.43. The molecule has 0 aliphatic carbocycles. The SMILES string of the molecule is O=C(Cc1ccc(Cl)c(Cl)c1)NC1(C(=O)O)CCSC1. The van der Waals surface area contributed by atoms with Crippen molar-refractivity contribution in [3.8, 4) is 0 Å². The van der Waals surface area contributed by atoms with Crippen LogP contribution in [0, 0.1) is 0 Å². The molecule has 4 nitrogen and oxygen atoms in total. The minimum Gasteiger partial charge on any atom is -0.479 e. The Morgan fingerprint density at radius 2 is 2.10 bits per heavy atom. The molecule has 1 aromatic rings. The Morgan fingerprint density at radius 1 is 1.35 bits per heavy atom. The van der Waals surface area contributed by atoms with Crippen LogP contribution in [0.15, 0.2) is 18.2 Å². The maximum absolute atomic E-state index is 12.0. The van der Waals surface area contributed by atoms with Gasteiger partial charge >= 0.3 is 5.97 Å². The quantitative estimate of drug-likeness (QED) is 0.888. The molecule has 0 bridgehead atoms. The monoisotopic (exact) mass is 333 g/mol. The molecule has 20 heavy (non-hydrogen) atoms. The number of carbonyl (C=O) groups excluding carboxylic acids is 1. The average molecular weight is 334 g/mol. The van der Waals surface area contributed by atoms with Gasteiger partial charge in [0.2, 0.25) is 5.91 Å². The van der Waals surface area contributed by atoms with Gasteiger partial charge in [-0.25, -0.2) is 4.79 Å². The lowest BCUT2D eigenvalue weighted by Crippen LogP contribution is -2.55. The van der Waals surface area contributed by atoms with Gasteiger partial charge in [0.15, 0.2) is 0 Å². The zero-order chi connectivity index (χ0) is 14.8. The van der Waals surface area contributed by atoms with Crippen LogP contribution in [0.1, 0.15) is 12.0 Å². The first kappa shape index (κ1) is 15.5. The van der Waals surface area contributed by atoms with Crippen molar-refractivity contribution < 1.29 is 14.7 Å². The van der Waals surface area contributed by atoms with Gasteiger partial charge in [-0.05, 0) is 29.9 Å². The van der Waals surface area contributed by atoms with Gasteiger partial charge in [-0.15, -0.1) is 0 Å². The third kappa shape index (κ3) is 3.40. The zero-order valence-corrected chi connectivity index (χ0v) is 12.8. The molecule has 2 N–H and O–H groups in total. The number of carboxylic acids is 1. The highest BCUT2D eigenvalue weighted by Crippen LogP contribution is 2.28. The van der Waals surface area contributed by atoms with E-state index in [0.29, 0.717) is 27.8 Å². The van der Waals surface area contributed by atoms with Crippen LogP contribution in [0.5, 0.6) is 0 Å². The van der Waals surface area contributed by atoms with Crippen molar-refractivity contribution in [1.82, 2.24) is 5.32 Å². The highest BCUT2D eigenvalue weighted by Gasteiger charge is 2.43. The Labute approximate surface area is 130 Å². The number of rotatable bonds is 4. The number of thioether (sulfide) groups is 1. The molecule has 1 heterocycles. The first-order valence-corrected chi connectivity index (χ1v) is 7.90. The van der Waals surface area contributed by atoms with E-state index in [2.05, 4.69) is 5.32 Å². The predicted molar refractivity (Wildman–Crippen MR) is 80.6 cm³/mol. The van der Waals surface area contributed by atoms with E-state index in [4.69, 9.17) is 23.2 Å². The molecule has 1 saturated heterocycles. The molecule has 7 heteroatoms. The molecule has 1 unspecified atom stereocenters. The van der Waals surface area contributed by atoms with Crippen LogP contribution in [0.2, 0.25) is 10.0 Å². The van der Waals surface area contributed by atoms with Gasteiger partial charge < -0.3 is 10.4 Å². The van der Waals surface area contributed by atoms with Gasteiger partial charge in [0.1, 0.15) is 5.54 Å². The van der Waals surface area contributed by atoms with Crippen molar-refractivity contribution >= 4 is 46.8 Å². The van der Waals surface area contributed by atoms with Crippen LogP contribution in [0.3, 0.4) is 0 Å². The molecular weight excluding hydrogens is 321 g/mol. The molecule has 1 aromatic carbocycles. The minimum absolute atomic E-state index is 0.0799. The van der Waals surface area contributed by atoms with Gasteiger partial charge in [0, 0.05) is 5.75 Å². The number of carbonyl (C=O) groups is 2. The lowest BCUT2D eigenvalue weighted by Gasteiger charge is -2.24. The lowest BCUT2D eigenvalue weighted by molar-refractivity contribution is -0.146. The number of amides is 1. The van der Waals surface area contributed by atoms with E-state index in [1.54, 1.807) is 18.2 Å². The van der Waals surface area contributed by atoms with Crippen LogP contribution in [0.4, 0.5) is 0 Å². The van der Waals surface area contributed by atoms with E-state index in [1.807, 2.05) is 0 Å². The van der Waals surface area contributed by atoms with Crippen LogP contribution < -0.4 is 5.32 Å². The topological polar surface area (TPSA) is 66.4 Å². The molecule has 0 aromatic heterocycles. The van der Waals surface area contributed by atoms with Gasteiger partial charge in [-0.2, -0.15) is 11.8 Å². The molecule has 1 atom stereocenters. The van der Waals surface area contributed by atoms with Crippen LogP contribution >= 0.6 is 35.0 Å². The van der Waals surface area contributed by atoms with Crippen LogP contribution in [0.25, 0.3) is 0 Å². The molecule has 0 spiro atoms. The summed E-state index contributed by atoms with van der Waals surface area (Å²) >= 11 is 13.2. The third-order valence-electron chi connectivity index (χ3n) is 3.16. The van der Waals surface area contributed by atoms with Gasteiger partial charge in [-0.1, -0.05) is 29.3 Å². The number of nitrogens with one attached hydrogen (secondary N) is 1. The fraction of sp³-hybridized carbons (Fsp3) is 0.385. The van der Waals surface area contributed by atoms with E-state index in [1.165, 1.54) is 11.8 Å². The molecule has 1 fully saturated rings. The Bertz CT molecular complexity index is 544. The number of carboxylic acid groups (broad SMARTS) is 1. The molecule has 1 aliphatic rings. The second kappa shape index (κ2) is 6.24. The maximum Gasteiger partial charge on any atom is 0.330 e. The summed E-state index contributed by atoms with van der Waals surface area (Å²) in [5.41, 5.74) is -0.444. The second-order valence-electron chi connectivity index (χ2n) is 4.66. The Morgan fingerprint density at radius 3 is 2.65 bits per heavy atom. The summed E-state index contributed by atoms with van der Waals surface area (Å²) < 4.78 is 0. The van der Waals surface area contributed by atoms with E-state index in [-0.39, 0.29) is 12.3 Å². The lowest BCUT2D eigenvalue weighted by atomic mass is 9.98. The number of hydrogen-bond acceptors (Lipinski definition) is 3. The number of benzene rings is 1. The van der Waals surface area contributed by atoms with Gasteiger partial charge in [-0.3, -0.25) is 4.79 Å². The highest BCUT2D eigenvalue weighted by atomic mass is 35.5. The van der Waals surface area contributed by atoms with Crippen molar-refractivity contribution in [3.05, 3.63) is 33.8 Å². The summed E-state index contributed by atoms with van der Waals surface area (Å²) in [6, 6.07) is 4.93. The minimum atomic E-state index is -1.14. The Kier molecular flexibility index (Phi) is 4.83. The molecule has 0 radical (unpaired) electrons. The highest BCUT2D eigenvalue weighted by molar-refractivity contribution is 7.99. The Balaban J connectivity index is 2.04. The third-order valence-corrected chi connectivity index (χ3v) is 5.09. The van der Waals surface area contributed by atoms with Crippen LogP contribution in [-0.2, 0) is 16.0 Å². The standard InChI is InChI=1S/C13H13Cl2NO3S/c14-9-2-1-8(5-10(9)15)6-11(17)16-13(12(18)19)3-4-20-7-13/h1-2,5H,3-4,6-7H2,(H,16,17)(H,18,19). The fourth-order valence-electron chi connectivity index (χ4n) is 2.03. The number of hydrogen-bond donors (Lipinski definition) is 2. The summed E-state index contributed by atoms with van der Waals surface area (Å²) in [5, 5.41) is 12.7. The second-order valence-corrected chi connectivity index (χ2v) is 6.58. The summed E-state index contributed by atoms with van der Waals surface area (Å²) in [5.74, 6) is -0.173. The summed E-state index contributed by atoms with van der Waals surface area (Å²) in [4.78, 5) is 23.4. The fourth-order valence-corrected chi connectivity index (χ4v) is 3.68. The van der Waals surface area contributed by atoms with Crippen molar-refractivity contribution in [2.24, 2.45) is 0 Å². The van der Waals surface area contributed by atoms with Crippen LogP contribution in [-0.4, -0.2) is 34.0 Å². The summed E-state index contributed by atoms with van der Waals surface area (Å²) in [6.07, 6.45) is 0.525. The van der Waals surface area contributed by atoms with Crippen molar-refractivity contribution in [2.45, 2.75) is 18.4 Å². The molecule has 108 valence electrons. The van der Waals surface area contributed by atoms with E-state index in [9.17, 15) is 14.7 Å². The predicted octanol–water partition coefficient (Wildman–Crippen LogP) is 2.61. The maximum atomic E-state index is 12.0. The smallest absolute Gasteiger partial charge is 0.330 e. The van der Waals surface area contributed by atoms with E-state index in [0.717, 1.165) is 5.75 Å². The Hall–Kier alpha value is -0.910. The van der Waals surface area contributed by atoms with Crippen molar-refractivity contribution in [3.63, 3.8) is 0 Å². The average Bonchev–Trinajstić information content (AvgIpc) is 2.83. The van der Waals surface area contributed by atoms with Gasteiger partial charge in [0.25, 0.3) is 0 Å².